The minimum atomic E-state index is -3.26. The van der Waals surface area contributed by atoms with Crippen LogP contribution in [0.4, 0.5) is 0 Å². The number of likely N-dealkylation sites (tertiary alicyclic amines) is 1. The molecular weight excluding hydrogens is 266 g/mol. The van der Waals surface area contributed by atoms with Crippen molar-refractivity contribution < 1.29 is 13.2 Å². The Morgan fingerprint density at radius 1 is 1.47 bits per heavy atom. The molecule has 0 spiro atoms. The molecule has 19 heavy (non-hydrogen) atoms. The first-order chi connectivity index (χ1) is 9.02. The van der Waals surface area contributed by atoms with E-state index in [-0.39, 0.29) is 23.5 Å². The van der Waals surface area contributed by atoms with Crippen molar-refractivity contribution in [3.05, 3.63) is 18.5 Å². The number of rotatable bonds is 5. The van der Waals surface area contributed by atoms with Gasteiger partial charge in [-0.15, -0.1) is 0 Å². The third kappa shape index (κ3) is 3.56. The summed E-state index contributed by atoms with van der Waals surface area (Å²) in [6.45, 7) is 2.84. The third-order valence-electron chi connectivity index (χ3n) is 3.44. The van der Waals surface area contributed by atoms with Crippen LogP contribution in [0.15, 0.2) is 18.5 Å². The van der Waals surface area contributed by atoms with Gasteiger partial charge < -0.3 is 4.90 Å². The molecule has 1 saturated heterocycles. The Hall–Kier alpha value is -1.37. The van der Waals surface area contributed by atoms with Crippen LogP contribution in [-0.2, 0) is 21.2 Å². The molecule has 0 aromatic carbocycles. The maximum atomic E-state index is 12.1. The van der Waals surface area contributed by atoms with Crippen molar-refractivity contribution in [2.75, 3.05) is 18.1 Å². The molecule has 7 heteroatoms. The molecule has 1 aliphatic rings. The summed E-state index contributed by atoms with van der Waals surface area (Å²) in [5, 5.41) is 4.12. The highest BCUT2D eigenvalue weighted by Crippen LogP contribution is 2.19. The third-order valence-corrected chi connectivity index (χ3v) is 5.00. The van der Waals surface area contributed by atoms with E-state index in [1.807, 2.05) is 12.3 Å². The lowest BCUT2D eigenvalue weighted by molar-refractivity contribution is -0.129. The highest BCUT2D eigenvalue weighted by molar-refractivity contribution is 7.92. The van der Waals surface area contributed by atoms with E-state index < -0.39 is 9.84 Å². The van der Waals surface area contributed by atoms with Gasteiger partial charge in [-0.25, -0.2) is 8.42 Å². The fourth-order valence-electron chi connectivity index (χ4n) is 2.35. The summed E-state index contributed by atoms with van der Waals surface area (Å²) in [6.07, 6.45) is 5.37. The minimum Gasteiger partial charge on any atom is -0.337 e. The molecule has 0 N–H and O–H groups in total. The molecule has 0 bridgehead atoms. The van der Waals surface area contributed by atoms with Crippen molar-refractivity contribution in [3.8, 4) is 0 Å². The van der Waals surface area contributed by atoms with Crippen LogP contribution in [-0.4, -0.2) is 53.1 Å². The number of hydrogen-bond acceptors (Lipinski definition) is 4. The lowest BCUT2D eigenvalue weighted by Crippen LogP contribution is -2.41. The van der Waals surface area contributed by atoms with Crippen LogP contribution in [0.1, 0.15) is 19.8 Å². The molecule has 1 atom stereocenters. The first kappa shape index (κ1) is 14.0. The topological polar surface area (TPSA) is 72.3 Å². The van der Waals surface area contributed by atoms with Gasteiger partial charge in [-0.3, -0.25) is 9.48 Å². The van der Waals surface area contributed by atoms with E-state index in [4.69, 9.17) is 0 Å². The van der Waals surface area contributed by atoms with Crippen molar-refractivity contribution in [1.82, 2.24) is 14.7 Å². The number of hydrogen-bond donors (Lipinski definition) is 0. The molecule has 1 amide bonds. The van der Waals surface area contributed by atoms with Gasteiger partial charge in [-0.2, -0.15) is 5.10 Å². The van der Waals surface area contributed by atoms with Crippen molar-refractivity contribution in [2.45, 2.75) is 32.4 Å². The van der Waals surface area contributed by atoms with Crippen molar-refractivity contribution in [1.29, 1.82) is 0 Å². The van der Waals surface area contributed by atoms with Crippen LogP contribution in [0.3, 0.4) is 0 Å². The summed E-state index contributed by atoms with van der Waals surface area (Å²) < 4.78 is 24.8. The highest BCUT2D eigenvalue weighted by Gasteiger charge is 2.31. The van der Waals surface area contributed by atoms with Crippen molar-refractivity contribution >= 4 is 15.7 Å². The lowest BCUT2D eigenvalue weighted by atomic mass is 10.2. The molecule has 2 heterocycles. The normalized spacial score (nSPS) is 19.8. The number of nitrogens with zero attached hydrogens (tertiary/aromatic N) is 3. The Morgan fingerprint density at radius 2 is 2.26 bits per heavy atom. The van der Waals surface area contributed by atoms with Gasteiger partial charge in [0.1, 0.15) is 5.75 Å². The minimum absolute atomic E-state index is 0.0103. The number of carbonyl (C=O) groups excluding carboxylic acids is 1. The van der Waals surface area contributed by atoms with Gasteiger partial charge in [0.05, 0.1) is 12.6 Å². The Morgan fingerprint density at radius 3 is 2.89 bits per heavy atom. The van der Waals surface area contributed by atoms with Gasteiger partial charge in [0.2, 0.25) is 5.91 Å². The van der Waals surface area contributed by atoms with E-state index >= 15 is 0 Å². The SMILES string of the molecule is CCS(=O)(=O)CC(=O)N1CCCC1Cn1cccn1. The zero-order valence-electron chi connectivity index (χ0n) is 11.0. The molecule has 0 aliphatic carbocycles. The quantitative estimate of drug-likeness (QED) is 0.780. The van der Waals surface area contributed by atoms with Crippen LogP contribution in [0, 0.1) is 0 Å². The highest BCUT2D eigenvalue weighted by atomic mass is 32.2. The molecule has 1 aromatic heterocycles. The van der Waals surface area contributed by atoms with Crippen LogP contribution in [0.5, 0.6) is 0 Å². The zero-order chi connectivity index (χ0) is 13.9. The fourth-order valence-corrected chi connectivity index (χ4v) is 3.10. The first-order valence-corrected chi connectivity index (χ1v) is 8.31. The first-order valence-electron chi connectivity index (χ1n) is 6.49. The lowest BCUT2D eigenvalue weighted by Gasteiger charge is -2.24. The second-order valence-electron chi connectivity index (χ2n) is 4.79. The summed E-state index contributed by atoms with van der Waals surface area (Å²) >= 11 is 0. The Bertz CT molecular complexity index is 524. The second kappa shape index (κ2) is 5.73. The van der Waals surface area contributed by atoms with Crippen LogP contribution < -0.4 is 0 Å². The van der Waals surface area contributed by atoms with Gasteiger partial charge >= 0.3 is 0 Å². The Labute approximate surface area is 113 Å². The van der Waals surface area contributed by atoms with Gasteiger partial charge in [0, 0.05) is 24.7 Å². The van der Waals surface area contributed by atoms with E-state index in [1.165, 1.54) is 0 Å². The summed E-state index contributed by atoms with van der Waals surface area (Å²) in [7, 11) is -3.26. The summed E-state index contributed by atoms with van der Waals surface area (Å²) in [6, 6.07) is 1.89. The zero-order valence-corrected chi connectivity index (χ0v) is 11.8. The summed E-state index contributed by atoms with van der Waals surface area (Å²) in [5.41, 5.74) is 0. The molecule has 6 nitrogen and oxygen atoms in total. The average molecular weight is 285 g/mol. The maximum absolute atomic E-state index is 12.1. The van der Waals surface area contributed by atoms with E-state index in [0.717, 1.165) is 12.8 Å². The number of sulfone groups is 1. The molecule has 0 radical (unpaired) electrons. The van der Waals surface area contributed by atoms with Crippen LogP contribution >= 0.6 is 0 Å². The number of carbonyl (C=O) groups is 1. The van der Waals surface area contributed by atoms with Crippen molar-refractivity contribution in [3.63, 3.8) is 0 Å². The Balaban J connectivity index is 2.00. The fraction of sp³-hybridized carbons (Fsp3) is 0.667. The number of aromatic nitrogens is 2. The average Bonchev–Trinajstić information content (AvgIpc) is 3.00. The standard InChI is InChI=1S/C12H19N3O3S/c1-2-19(17,18)10-12(16)15-8-3-5-11(15)9-14-7-4-6-13-14/h4,6-7,11H,2-3,5,8-10H2,1H3. The molecule has 106 valence electrons. The molecule has 1 fully saturated rings. The van der Waals surface area contributed by atoms with Gasteiger partial charge in [0.25, 0.3) is 0 Å². The van der Waals surface area contributed by atoms with Gasteiger partial charge in [-0.1, -0.05) is 6.92 Å². The maximum Gasteiger partial charge on any atom is 0.238 e. The monoisotopic (exact) mass is 285 g/mol. The largest absolute Gasteiger partial charge is 0.337 e. The molecule has 1 aliphatic heterocycles. The van der Waals surface area contributed by atoms with Gasteiger partial charge in [-0.05, 0) is 18.9 Å². The van der Waals surface area contributed by atoms with E-state index in [1.54, 1.807) is 22.7 Å². The van der Waals surface area contributed by atoms with E-state index in [0.29, 0.717) is 13.1 Å². The van der Waals surface area contributed by atoms with E-state index in [2.05, 4.69) is 5.10 Å². The van der Waals surface area contributed by atoms with Crippen LogP contribution in [0.2, 0.25) is 0 Å². The summed E-state index contributed by atoms with van der Waals surface area (Å²) in [5.74, 6) is -0.647. The number of amides is 1. The Kier molecular flexibility index (Phi) is 4.24. The molecule has 1 aromatic rings. The van der Waals surface area contributed by atoms with Crippen molar-refractivity contribution in [2.24, 2.45) is 0 Å². The molecule has 0 saturated carbocycles. The predicted octanol–water partition coefficient (Wildman–Crippen LogP) is 0.309. The molecule has 1 unspecified atom stereocenters. The molecular formula is C12H19N3O3S. The van der Waals surface area contributed by atoms with Crippen LogP contribution in [0.25, 0.3) is 0 Å². The van der Waals surface area contributed by atoms with Gasteiger partial charge in [0.15, 0.2) is 9.84 Å². The smallest absolute Gasteiger partial charge is 0.238 e. The second-order valence-corrected chi connectivity index (χ2v) is 7.14. The molecule has 2 rings (SSSR count). The van der Waals surface area contributed by atoms with E-state index in [9.17, 15) is 13.2 Å². The summed E-state index contributed by atoms with van der Waals surface area (Å²) in [4.78, 5) is 13.8. The predicted molar refractivity (Wildman–Crippen MR) is 71.3 cm³/mol.